The van der Waals surface area contributed by atoms with E-state index in [0.717, 1.165) is 32.5 Å². The molecule has 1 aliphatic heterocycles. The molecule has 0 aromatic heterocycles. The highest BCUT2D eigenvalue weighted by atomic mass is 16.5. The average molecular weight is 254 g/mol. The number of ether oxygens (including phenoxy) is 1. The molecular formula is C14H26N2O2. The van der Waals surface area contributed by atoms with Crippen molar-refractivity contribution in [2.24, 2.45) is 16.7 Å². The van der Waals surface area contributed by atoms with Gasteiger partial charge in [-0.25, -0.2) is 0 Å². The van der Waals surface area contributed by atoms with Crippen LogP contribution in [0.25, 0.3) is 0 Å². The van der Waals surface area contributed by atoms with Gasteiger partial charge in [0.05, 0.1) is 12.0 Å². The number of rotatable bonds is 5. The fourth-order valence-corrected chi connectivity index (χ4v) is 2.95. The van der Waals surface area contributed by atoms with Crippen molar-refractivity contribution in [3.63, 3.8) is 0 Å². The van der Waals surface area contributed by atoms with Crippen LogP contribution in [0, 0.1) is 16.7 Å². The van der Waals surface area contributed by atoms with Gasteiger partial charge in [-0.05, 0) is 43.7 Å². The molecule has 104 valence electrons. The lowest BCUT2D eigenvalue weighted by Gasteiger charge is -2.35. The Morgan fingerprint density at radius 3 is 2.50 bits per heavy atom. The van der Waals surface area contributed by atoms with Crippen LogP contribution in [0.4, 0.5) is 0 Å². The highest BCUT2D eigenvalue weighted by Crippen LogP contribution is 2.51. The smallest absolute Gasteiger partial charge is 0.228 e. The van der Waals surface area contributed by atoms with E-state index in [-0.39, 0.29) is 11.3 Å². The molecular weight excluding hydrogens is 228 g/mol. The first kappa shape index (κ1) is 13.8. The summed E-state index contributed by atoms with van der Waals surface area (Å²) in [5.41, 5.74) is 0.120. The number of methoxy groups -OCH3 is 1. The molecule has 2 aliphatic rings. The van der Waals surface area contributed by atoms with Gasteiger partial charge in [0, 0.05) is 13.7 Å². The van der Waals surface area contributed by atoms with Crippen LogP contribution in [0.5, 0.6) is 0 Å². The first-order valence-corrected chi connectivity index (χ1v) is 6.98. The number of piperidine rings is 1. The first-order chi connectivity index (χ1) is 8.50. The lowest BCUT2D eigenvalue weighted by molar-refractivity contribution is -0.136. The minimum atomic E-state index is -0.307. The fourth-order valence-electron chi connectivity index (χ4n) is 2.95. The second-order valence-electron chi connectivity index (χ2n) is 6.56. The van der Waals surface area contributed by atoms with Crippen LogP contribution in [0.2, 0.25) is 0 Å². The molecule has 18 heavy (non-hydrogen) atoms. The predicted molar refractivity (Wildman–Crippen MR) is 71.3 cm³/mol. The molecule has 1 amide bonds. The molecule has 0 bridgehead atoms. The second kappa shape index (κ2) is 5.17. The minimum Gasteiger partial charge on any atom is -0.384 e. The largest absolute Gasteiger partial charge is 0.384 e. The SMILES string of the molecule is COCC1(C(=O)NCC2CC2(C)C)CCNCC1. The van der Waals surface area contributed by atoms with E-state index in [1.807, 2.05) is 0 Å². The molecule has 0 aromatic rings. The van der Waals surface area contributed by atoms with Gasteiger partial charge in [0.1, 0.15) is 0 Å². The first-order valence-electron chi connectivity index (χ1n) is 6.98. The molecule has 2 N–H and O–H groups in total. The third kappa shape index (κ3) is 2.86. The maximum atomic E-state index is 12.4. The van der Waals surface area contributed by atoms with Crippen LogP contribution in [0.1, 0.15) is 33.1 Å². The molecule has 4 heteroatoms. The van der Waals surface area contributed by atoms with E-state index in [9.17, 15) is 4.79 Å². The molecule has 1 saturated carbocycles. The van der Waals surface area contributed by atoms with Crippen LogP contribution in [0.15, 0.2) is 0 Å². The zero-order valence-corrected chi connectivity index (χ0v) is 11.8. The molecule has 2 rings (SSSR count). The fraction of sp³-hybridized carbons (Fsp3) is 0.929. The number of carbonyl (C=O) groups is 1. The van der Waals surface area contributed by atoms with Gasteiger partial charge in [0.15, 0.2) is 0 Å². The van der Waals surface area contributed by atoms with Gasteiger partial charge in [-0.2, -0.15) is 0 Å². The predicted octanol–water partition coefficient (Wildman–Crippen LogP) is 1.16. The molecule has 1 atom stereocenters. The van der Waals surface area contributed by atoms with Crippen molar-refractivity contribution in [1.29, 1.82) is 0 Å². The summed E-state index contributed by atoms with van der Waals surface area (Å²) in [6, 6.07) is 0. The van der Waals surface area contributed by atoms with E-state index in [1.165, 1.54) is 6.42 Å². The quantitative estimate of drug-likeness (QED) is 0.774. The Hall–Kier alpha value is -0.610. The number of hydrogen-bond donors (Lipinski definition) is 2. The van der Waals surface area contributed by atoms with Crippen molar-refractivity contribution in [3.05, 3.63) is 0 Å². The zero-order valence-electron chi connectivity index (χ0n) is 11.8. The van der Waals surface area contributed by atoms with Crippen molar-refractivity contribution >= 4 is 5.91 Å². The number of carbonyl (C=O) groups excluding carboxylic acids is 1. The number of amides is 1. The number of hydrogen-bond acceptors (Lipinski definition) is 3. The summed E-state index contributed by atoms with van der Waals surface area (Å²) < 4.78 is 5.28. The molecule has 1 heterocycles. The topological polar surface area (TPSA) is 50.4 Å². The highest BCUT2D eigenvalue weighted by Gasteiger charge is 2.46. The Labute approximate surface area is 110 Å². The maximum Gasteiger partial charge on any atom is 0.228 e. The Morgan fingerprint density at radius 2 is 2.00 bits per heavy atom. The van der Waals surface area contributed by atoms with E-state index in [4.69, 9.17) is 4.74 Å². The van der Waals surface area contributed by atoms with Gasteiger partial charge >= 0.3 is 0 Å². The van der Waals surface area contributed by atoms with Crippen molar-refractivity contribution in [2.45, 2.75) is 33.1 Å². The lowest BCUT2D eigenvalue weighted by atomic mass is 9.78. The Kier molecular flexibility index (Phi) is 3.97. The summed E-state index contributed by atoms with van der Waals surface area (Å²) in [5.74, 6) is 0.844. The summed E-state index contributed by atoms with van der Waals surface area (Å²) in [5, 5.41) is 6.46. The summed E-state index contributed by atoms with van der Waals surface area (Å²) in [6.45, 7) is 7.70. The Bertz CT molecular complexity index is 303. The minimum absolute atomic E-state index is 0.188. The molecule has 0 spiro atoms. The molecule has 1 aliphatic carbocycles. The van der Waals surface area contributed by atoms with E-state index >= 15 is 0 Å². The van der Waals surface area contributed by atoms with Gasteiger partial charge in [0.25, 0.3) is 0 Å². The third-order valence-corrected chi connectivity index (χ3v) is 4.69. The Morgan fingerprint density at radius 1 is 1.39 bits per heavy atom. The molecule has 4 nitrogen and oxygen atoms in total. The highest BCUT2D eigenvalue weighted by molar-refractivity contribution is 5.83. The van der Waals surface area contributed by atoms with Gasteiger partial charge < -0.3 is 15.4 Å². The van der Waals surface area contributed by atoms with Crippen LogP contribution >= 0.6 is 0 Å². The van der Waals surface area contributed by atoms with E-state index < -0.39 is 0 Å². The summed E-state index contributed by atoms with van der Waals surface area (Å²) in [6.07, 6.45) is 2.98. The molecule has 1 unspecified atom stereocenters. The number of nitrogens with one attached hydrogen (secondary N) is 2. The van der Waals surface area contributed by atoms with Gasteiger partial charge in [-0.3, -0.25) is 4.79 Å². The average Bonchev–Trinajstić information content (AvgIpc) is 2.95. The van der Waals surface area contributed by atoms with Gasteiger partial charge in [0.2, 0.25) is 5.91 Å². The second-order valence-corrected chi connectivity index (χ2v) is 6.56. The normalized spacial score (nSPS) is 28.7. The maximum absolute atomic E-state index is 12.4. The third-order valence-electron chi connectivity index (χ3n) is 4.69. The zero-order chi connectivity index (χ0) is 13.2. The van der Waals surface area contributed by atoms with E-state index in [0.29, 0.717) is 17.9 Å². The van der Waals surface area contributed by atoms with Gasteiger partial charge in [-0.1, -0.05) is 13.8 Å². The summed E-state index contributed by atoms with van der Waals surface area (Å²) >= 11 is 0. The molecule has 0 radical (unpaired) electrons. The standard InChI is InChI=1S/C14H26N2O2/c1-13(2)8-11(13)9-16-12(17)14(10-18-3)4-6-15-7-5-14/h11,15H,4-10H2,1-3H3,(H,16,17). The monoisotopic (exact) mass is 254 g/mol. The molecule has 1 saturated heterocycles. The van der Waals surface area contributed by atoms with Crippen molar-refractivity contribution in [3.8, 4) is 0 Å². The van der Waals surface area contributed by atoms with E-state index in [1.54, 1.807) is 7.11 Å². The van der Waals surface area contributed by atoms with Crippen LogP contribution < -0.4 is 10.6 Å². The summed E-state index contributed by atoms with van der Waals surface area (Å²) in [4.78, 5) is 12.4. The Balaban J connectivity index is 1.87. The molecule has 0 aromatic carbocycles. The van der Waals surface area contributed by atoms with E-state index in [2.05, 4.69) is 24.5 Å². The van der Waals surface area contributed by atoms with Gasteiger partial charge in [-0.15, -0.1) is 0 Å². The summed E-state index contributed by atoms with van der Waals surface area (Å²) in [7, 11) is 1.68. The van der Waals surface area contributed by atoms with Crippen LogP contribution in [-0.4, -0.2) is 39.3 Å². The van der Waals surface area contributed by atoms with Crippen molar-refractivity contribution in [2.75, 3.05) is 33.4 Å². The van der Waals surface area contributed by atoms with Crippen molar-refractivity contribution < 1.29 is 9.53 Å². The molecule has 2 fully saturated rings. The van der Waals surface area contributed by atoms with Crippen molar-refractivity contribution in [1.82, 2.24) is 10.6 Å². The van der Waals surface area contributed by atoms with Crippen LogP contribution in [-0.2, 0) is 9.53 Å². The van der Waals surface area contributed by atoms with Crippen LogP contribution in [0.3, 0.4) is 0 Å². The lowest BCUT2D eigenvalue weighted by Crippen LogP contribution is -2.50.